The molecule has 1 fully saturated rings. The highest BCUT2D eigenvalue weighted by Gasteiger charge is 2.29. The van der Waals surface area contributed by atoms with Crippen LogP contribution in [0, 0.1) is 6.92 Å². The highest BCUT2D eigenvalue weighted by Crippen LogP contribution is 2.27. The molecule has 2 aromatic rings. The van der Waals surface area contributed by atoms with Crippen molar-refractivity contribution in [3.63, 3.8) is 0 Å². The molecule has 4 nitrogen and oxygen atoms in total. The van der Waals surface area contributed by atoms with E-state index in [-0.39, 0.29) is 24.4 Å². The molecule has 1 N–H and O–H groups in total. The predicted molar refractivity (Wildman–Crippen MR) is 138 cm³/mol. The maximum atomic E-state index is 13.3. The van der Waals surface area contributed by atoms with E-state index >= 15 is 0 Å². The van der Waals surface area contributed by atoms with Crippen LogP contribution in [0.25, 0.3) is 0 Å². The second-order valence-electron chi connectivity index (χ2n) is 8.65. The Labute approximate surface area is 211 Å². The second-order valence-corrected chi connectivity index (χ2v) is 10.6. The van der Waals surface area contributed by atoms with E-state index in [1.807, 2.05) is 0 Å². The molecule has 178 valence electrons. The minimum absolute atomic E-state index is 0.0862. The van der Waals surface area contributed by atoms with Crippen molar-refractivity contribution in [3.8, 4) is 0 Å². The molecule has 7 heteroatoms. The third-order valence-electron chi connectivity index (χ3n) is 6.11. The number of aryl methyl sites for hydroxylation is 1. The summed E-state index contributed by atoms with van der Waals surface area (Å²) in [5.41, 5.74) is 1.87. The summed E-state index contributed by atoms with van der Waals surface area (Å²) in [5.74, 6) is 0.424. The van der Waals surface area contributed by atoms with Gasteiger partial charge in [0.15, 0.2) is 0 Å². The molecule has 1 aliphatic rings. The maximum absolute atomic E-state index is 13.3. The molecule has 0 spiro atoms. The fourth-order valence-electron chi connectivity index (χ4n) is 4.04. The van der Waals surface area contributed by atoms with Crippen LogP contribution in [0.2, 0.25) is 10.0 Å². The van der Waals surface area contributed by atoms with E-state index < -0.39 is 6.04 Å². The summed E-state index contributed by atoms with van der Waals surface area (Å²) in [6.45, 7) is 4.04. The number of rotatable bonds is 9. The van der Waals surface area contributed by atoms with Gasteiger partial charge in [-0.2, -0.15) is 0 Å². The molecular formula is C26H32Cl2N2O2S. The molecule has 0 aromatic heterocycles. The Morgan fingerprint density at radius 3 is 2.33 bits per heavy atom. The first-order valence-corrected chi connectivity index (χ1v) is 13.3. The third-order valence-corrected chi connectivity index (χ3v) is 7.84. The van der Waals surface area contributed by atoms with Gasteiger partial charge in [0, 0.05) is 45.3 Å². The zero-order chi connectivity index (χ0) is 23.8. The van der Waals surface area contributed by atoms with E-state index in [2.05, 4.69) is 36.5 Å². The molecule has 0 unspecified atom stereocenters. The molecule has 2 aromatic carbocycles. The van der Waals surface area contributed by atoms with Crippen molar-refractivity contribution in [2.24, 2.45) is 0 Å². The number of hydrogen-bond donors (Lipinski definition) is 1. The summed E-state index contributed by atoms with van der Waals surface area (Å²) in [4.78, 5) is 29.1. The number of amides is 2. The fourth-order valence-corrected chi connectivity index (χ4v) is 5.40. The summed E-state index contributed by atoms with van der Waals surface area (Å²) < 4.78 is 0. The van der Waals surface area contributed by atoms with Crippen molar-refractivity contribution in [3.05, 3.63) is 63.6 Å². The zero-order valence-corrected chi connectivity index (χ0v) is 21.6. The first-order valence-electron chi connectivity index (χ1n) is 11.6. The van der Waals surface area contributed by atoms with Gasteiger partial charge in [-0.3, -0.25) is 9.59 Å². The number of nitrogens with one attached hydrogen (secondary N) is 1. The minimum Gasteiger partial charge on any atom is -0.352 e. The molecule has 0 aliphatic heterocycles. The number of carbonyl (C=O) groups is 2. The van der Waals surface area contributed by atoms with Gasteiger partial charge in [-0.15, -0.1) is 11.8 Å². The standard InChI is InChI=1S/C26H32Cl2N2O2S/c1-18-11-13-21(14-12-18)33-16-15-25(31)30(17-22-23(27)9-6-10-24(22)28)19(2)26(32)29-20-7-4-3-5-8-20/h6,9-14,19-20H,3-5,7-8,15-17H2,1-2H3,(H,29,32)/t19-/m1/s1. The molecule has 1 saturated carbocycles. The van der Waals surface area contributed by atoms with E-state index in [4.69, 9.17) is 23.2 Å². The van der Waals surface area contributed by atoms with E-state index in [1.54, 1.807) is 41.8 Å². The van der Waals surface area contributed by atoms with Crippen LogP contribution in [0.1, 0.15) is 56.6 Å². The number of halogens is 2. The van der Waals surface area contributed by atoms with Crippen LogP contribution < -0.4 is 5.32 Å². The Morgan fingerprint density at radius 1 is 1.06 bits per heavy atom. The van der Waals surface area contributed by atoms with Gasteiger partial charge in [-0.1, -0.05) is 66.2 Å². The number of thioether (sulfide) groups is 1. The minimum atomic E-state index is -0.615. The average molecular weight is 508 g/mol. The van der Waals surface area contributed by atoms with Crippen molar-refractivity contribution in [2.45, 2.75) is 75.9 Å². The van der Waals surface area contributed by atoms with Crippen molar-refractivity contribution >= 4 is 46.8 Å². The highest BCUT2D eigenvalue weighted by atomic mass is 35.5. The Balaban J connectivity index is 1.69. The molecule has 0 heterocycles. The Morgan fingerprint density at radius 2 is 1.70 bits per heavy atom. The lowest BCUT2D eigenvalue weighted by atomic mass is 9.95. The molecule has 3 rings (SSSR count). The lowest BCUT2D eigenvalue weighted by molar-refractivity contribution is -0.140. The van der Waals surface area contributed by atoms with Crippen molar-refractivity contribution in [1.29, 1.82) is 0 Å². The smallest absolute Gasteiger partial charge is 0.242 e. The van der Waals surface area contributed by atoms with Crippen LogP contribution in [0.4, 0.5) is 0 Å². The molecule has 33 heavy (non-hydrogen) atoms. The maximum Gasteiger partial charge on any atom is 0.242 e. The number of benzene rings is 2. The van der Waals surface area contributed by atoms with Crippen molar-refractivity contribution in [2.75, 3.05) is 5.75 Å². The van der Waals surface area contributed by atoms with Gasteiger partial charge >= 0.3 is 0 Å². The lowest BCUT2D eigenvalue weighted by Gasteiger charge is -2.31. The fraction of sp³-hybridized carbons (Fsp3) is 0.462. The SMILES string of the molecule is Cc1ccc(SCCC(=O)N(Cc2c(Cl)cccc2Cl)[C@H](C)C(=O)NC2CCCCC2)cc1. The first kappa shape index (κ1) is 25.9. The molecule has 2 amide bonds. The summed E-state index contributed by atoms with van der Waals surface area (Å²) in [5, 5.41) is 4.14. The van der Waals surface area contributed by atoms with Gasteiger partial charge in [-0.25, -0.2) is 0 Å². The third kappa shape index (κ3) is 7.66. The van der Waals surface area contributed by atoms with E-state index in [1.165, 1.54) is 12.0 Å². The molecular weight excluding hydrogens is 475 g/mol. The average Bonchev–Trinajstić information content (AvgIpc) is 2.80. The number of carbonyl (C=O) groups excluding carboxylic acids is 2. The van der Waals surface area contributed by atoms with Crippen LogP contribution >= 0.6 is 35.0 Å². The van der Waals surface area contributed by atoms with Gasteiger partial charge in [0.2, 0.25) is 11.8 Å². The van der Waals surface area contributed by atoms with Crippen LogP contribution in [0.5, 0.6) is 0 Å². The van der Waals surface area contributed by atoms with Crippen LogP contribution in [0.3, 0.4) is 0 Å². The molecule has 0 radical (unpaired) electrons. The second kappa shape index (κ2) is 12.7. The summed E-state index contributed by atoms with van der Waals surface area (Å²) in [6, 6.07) is 13.1. The molecule has 0 bridgehead atoms. The van der Waals surface area contributed by atoms with Gasteiger partial charge in [0.05, 0.1) is 0 Å². The summed E-state index contributed by atoms with van der Waals surface area (Å²) in [7, 11) is 0. The van der Waals surface area contributed by atoms with E-state index in [9.17, 15) is 9.59 Å². The van der Waals surface area contributed by atoms with Crippen molar-refractivity contribution in [1.82, 2.24) is 10.2 Å². The topological polar surface area (TPSA) is 49.4 Å². The summed E-state index contributed by atoms with van der Waals surface area (Å²) in [6.07, 6.45) is 5.80. The van der Waals surface area contributed by atoms with E-state index in [0.717, 1.165) is 30.6 Å². The summed E-state index contributed by atoms with van der Waals surface area (Å²) >= 11 is 14.4. The van der Waals surface area contributed by atoms with Crippen LogP contribution in [0.15, 0.2) is 47.4 Å². The quantitative estimate of drug-likeness (QED) is 0.387. The van der Waals surface area contributed by atoms with Gasteiger partial charge in [0.1, 0.15) is 6.04 Å². The Bertz CT molecular complexity index is 926. The van der Waals surface area contributed by atoms with Gasteiger partial charge in [-0.05, 0) is 51.0 Å². The first-order chi connectivity index (χ1) is 15.8. The van der Waals surface area contributed by atoms with Crippen LogP contribution in [-0.2, 0) is 16.1 Å². The predicted octanol–water partition coefficient (Wildman–Crippen LogP) is 6.65. The zero-order valence-electron chi connectivity index (χ0n) is 19.3. The van der Waals surface area contributed by atoms with Crippen LogP contribution in [-0.4, -0.2) is 34.6 Å². The monoisotopic (exact) mass is 506 g/mol. The highest BCUT2D eigenvalue weighted by molar-refractivity contribution is 7.99. The van der Waals surface area contributed by atoms with Crippen molar-refractivity contribution < 1.29 is 9.59 Å². The van der Waals surface area contributed by atoms with Gasteiger partial charge in [0.25, 0.3) is 0 Å². The number of nitrogens with zero attached hydrogens (tertiary/aromatic N) is 1. The molecule has 1 aliphatic carbocycles. The van der Waals surface area contributed by atoms with E-state index in [0.29, 0.717) is 27.8 Å². The molecule has 1 atom stereocenters. The van der Waals surface area contributed by atoms with Gasteiger partial charge < -0.3 is 10.2 Å². The Hall–Kier alpha value is -1.69. The largest absolute Gasteiger partial charge is 0.352 e. The lowest BCUT2D eigenvalue weighted by Crippen LogP contribution is -2.50. The molecule has 0 saturated heterocycles. The number of hydrogen-bond acceptors (Lipinski definition) is 3. The Kier molecular flexibility index (Phi) is 9.96. The normalized spacial score (nSPS) is 15.2.